The van der Waals surface area contributed by atoms with Crippen molar-refractivity contribution in [3.8, 4) is 0 Å². The zero-order chi connectivity index (χ0) is 35.8. The van der Waals surface area contributed by atoms with Gasteiger partial charge in [-0.15, -0.1) is 23.1 Å². The van der Waals surface area contributed by atoms with E-state index in [2.05, 4.69) is 20.8 Å². The van der Waals surface area contributed by atoms with Gasteiger partial charge in [0.05, 0.1) is 16.7 Å². The average molecular weight is 730 g/mol. The van der Waals surface area contributed by atoms with Crippen LogP contribution in [0.2, 0.25) is 0 Å². The summed E-state index contributed by atoms with van der Waals surface area (Å²) in [5.74, 6) is -2.53. The van der Waals surface area contributed by atoms with Crippen molar-refractivity contribution in [3.63, 3.8) is 0 Å². The van der Waals surface area contributed by atoms with Gasteiger partial charge in [0.1, 0.15) is 35.5 Å². The fourth-order valence-corrected chi connectivity index (χ4v) is 6.17. The van der Waals surface area contributed by atoms with Crippen LogP contribution in [-0.4, -0.2) is 127 Å². The first-order chi connectivity index (χ1) is 22.5. The van der Waals surface area contributed by atoms with E-state index in [1.54, 1.807) is 38.6 Å². The predicted molar refractivity (Wildman–Crippen MR) is 168 cm³/mol. The van der Waals surface area contributed by atoms with Crippen molar-refractivity contribution in [2.24, 2.45) is 5.16 Å². The molecule has 22 heteroatoms. The Balaban J connectivity index is 0.00000116. The van der Waals surface area contributed by atoms with E-state index in [1.807, 2.05) is 0 Å². The molecule has 1 saturated heterocycles. The van der Waals surface area contributed by atoms with E-state index in [4.69, 9.17) is 27.3 Å². The van der Waals surface area contributed by atoms with E-state index in [0.717, 1.165) is 16.2 Å². The highest BCUT2D eigenvalue weighted by molar-refractivity contribution is 8.00. The summed E-state index contributed by atoms with van der Waals surface area (Å²) in [4.78, 5) is 73.9. The molecule has 260 valence electrons. The number of hydrogen-bond acceptors (Lipinski definition) is 15. The highest BCUT2D eigenvalue weighted by atomic mass is 32.2. The number of carboxylic acids is 1. The summed E-state index contributed by atoms with van der Waals surface area (Å²) in [5.41, 5.74) is 0.514. The number of ether oxygens (including phenoxy) is 2. The summed E-state index contributed by atoms with van der Waals surface area (Å²) >= 11 is 2.28. The lowest BCUT2D eigenvalue weighted by Crippen LogP contribution is -2.71. The SMILES string of the molecule is COCC1=C(C(=O)O)N2C(=O)[C@@H](NC(=O)/C(=N/OC)c3csc(NC(=O)OC[n+]4cccc(C(=O)N(C)C)c4)n3)[C@H]2SC1.CS(=O)(=O)[O-]. The summed E-state index contributed by atoms with van der Waals surface area (Å²) in [7, 11) is 1.99. The van der Waals surface area contributed by atoms with E-state index >= 15 is 0 Å². The molecule has 0 bridgehead atoms. The molecular weight excluding hydrogens is 699 g/mol. The lowest BCUT2D eigenvalue weighted by atomic mass is 10.0. The average Bonchev–Trinajstić information content (AvgIpc) is 3.47. The maximum absolute atomic E-state index is 13.1. The lowest BCUT2D eigenvalue weighted by molar-refractivity contribution is -0.727. The molecule has 4 rings (SSSR count). The first kappa shape index (κ1) is 37.8. The zero-order valence-corrected chi connectivity index (χ0v) is 28.5. The van der Waals surface area contributed by atoms with Crippen LogP contribution in [0, 0.1) is 0 Å². The number of methoxy groups -OCH3 is 1. The first-order valence-electron chi connectivity index (χ1n) is 13.4. The standard InChI is InChI=1S/C25H27N7O9S2.CH4O3S/c1-30(2)20(34)13-6-5-7-31(8-13)12-41-25(38)28-24-26-15(11-43-24)16(29-40-4)19(33)27-17-21(35)32-18(23(36)37)14(9-39-3)10-42-22(17)32;1-5(2,3)4/h5-8,11,17,22H,9-10,12H2,1-4H3,(H2-,26,27,28,33,36,37,38);1H3,(H,2,3,4)/b29-16+;/t17-,22-;/m1./s1. The van der Waals surface area contributed by atoms with Crippen molar-refractivity contribution in [1.29, 1.82) is 0 Å². The van der Waals surface area contributed by atoms with Crippen molar-refractivity contribution >= 4 is 73.8 Å². The third kappa shape index (κ3) is 9.93. The molecule has 0 saturated carbocycles. The van der Waals surface area contributed by atoms with Gasteiger partial charge < -0.3 is 34.2 Å². The number of carbonyl (C=O) groups is 5. The number of pyridine rings is 1. The van der Waals surface area contributed by atoms with Gasteiger partial charge in [-0.1, -0.05) is 5.16 Å². The Kier molecular flexibility index (Phi) is 13.0. The van der Waals surface area contributed by atoms with Gasteiger partial charge in [-0.2, -0.15) is 4.57 Å². The van der Waals surface area contributed by atoms with E-state index in [1.165, 1.54) is 40.8 Å². The molecule has 3 N–H and O–H groups in total. The van der Waals surface area contributed by atoms with Gasteiger partial charge >= 0.3 is 12.1 Å². The molecule has 19 nitrogen and oxygen atoms in total. The van der Waals surface area contributed by atoms with E-state index in [9.17, 15) is 29.1 Å². The largest absolute Gasteiger partial charge is 0.748 e. The number of hydrogen-bond donors (Lipinski definition) is 3. The molecule has 0 unspecified atom stereocenters. The van der Waals surface area contributed by atoms with Gasteiger partial charge in [-0.3, -0.25) is 24.6 Å². The van der Waals surface area contributed by atoms with Gasteiger partial charge in [0.25, 0.3) is 24.5 Å². The van der Waals surface area contributed by atoms with E-state index in [0.29, 0.717) is 23.1 Å². The number of anilines is 1. The molecule has 2 aromatic rings. The second-order valence-corrected chi connectivity index (χ2v) is 13.3. The van der Waals surface area contributed by atoms with Crippen molar-refractivity contribution < 1.29 is 60.9 Å². The Morgan fingerprint density at radius 2 is 1.96 bits per heavy atom. The molecule has 2 aromatic heterocycles. The molecule has 0 aliphatic carbocycles. The molecule has 2 aliphatic rings. The summed E-state index contributed by atoms with van der Waals surface area (Å²) in [6.07, 6.45) is 2.94. The number of aromatic nitrogens is 2. The molecule has 4 heterocycles. The second-order valence-electron chi connectivity index (χ2n) is 9.91. The minimum Gasteiger partial charge on any atom is -0.748 e. The Morgan fingerprint density at radius 1 is 1.27 bits per heavy atom. The molecule has 48 heavy (non-hydrogen) atoms. The summed E-state index contributed by atoms with van der Waals surface area (Å²) in [5, 5.41) is 19.3. The topological polar surface area (TPSA) is 250 Å². The van der Waals surface area contributed by atoms with Gasteiger partial charge in [0, 0.05) is 44.7 Å². The number of nitrogens with one attached hydrogen (secondary N) is 2. The maximum Gasteiger partial charge on any atom is 0.418 e. The summed E-state index contributed by atoms with van der Waals surface area (Å²) in [6.45, 7) is -0.126. The van der Waals surface area contributed by atoms with Crippen LogP contribution in [0.1, 0.15) is 16.1 Å². The quantitative estimate of drug-likeness (QED) is 0.0846. The monoisotopic (exact) mass is 729 g/mol. The lowest BCUT2D eigenvalue weighted by Gasteiger charge is -2.49. The van der Waals surface area contributed by atoms with Crippen LogP contribution in [0.25, 0.3) is 0 Å². The zero-order valence-electron chi connectivity index (χ0n) is 26.1. The van der Waals surface area contributed by atoms with E-state index in [-0.39, 0.29) is 41.5 Å². The van der Waals surface area contributed by atoms with Crippen LogP contribution in [0.5, 0.6) is 0 Å². The third-order valence-electron chi connectivity index (χ3n) is 6.06. The van der Waals surface area contributed by atoms with Crippen LogP contribution in [0.15, 0.2) is 46.3 Å². The Hall–Kier alpha value is -4.64. The first-order valence-corrected chi connectivity index (χ1v) is 17.1. The van der Waals surface area contributed by atoms with Crippen molar-refractivity contribution in [2.45, 2.75) is 18.1 Å². The molecule has 4 amide bonds. The maximum atomic E-state index is 13.1. The number of rotatable bonds is 11. The minimum absolute atomic E-state index is 0.0531. The van der Waals surface area contributed by atoms with Crippen molar-refractivity contribution in [1.82, 2.24) is 20.1 Å². The fourth-order valence-electron chi connectivity index (χ4n) is 4.16. The number of fused-ring (bicyclic) bond motifs is 1. The highest BCUT2D eigenvalue weighted by Crippen LogP contribution is 2.40. The normalized spacial score (nSPS) is 17.2. The predicted octanol–water partition coefficient (Wildman–Crippen LogP) is -0.764. The Bertz CT molecular complexity index is 1730. The third-order valence-corrected chi connectivity index (χ3v) is 8.16. The summed E-state index contributed by atoms with van der Waals surface area (Å²) in [6, 6.07) is 2.28. The van der Waals surface area contributed by atoms with Gasteiger partial charge in [0.2, 0.25) is 0 Å². The number of nitrogens with zero attached hydrogens (tertiary/aromatic N) is 5. The Labute approximate surface area is 282 Å². The highest BCUT2D eigenvalue weighted by Gasteiger charge is 2.54. The van der Waals surface area contributed by atoms with Gasteiger partial charge in [0.15, 0.2) is 23.2 Å². The number of thioether (sulfide) groups is 1. The summed E-state index contributed by atoms with van der Waals surface area (Å²) < 4.78 is 39.0. The van der Waals surface area contributed by atoms with Crippen LogP contribution in [0.3, 0.4) is 0 Å². The molecule has 2 aliphatic heterocycles. The number of carboxylic acid groups (broad SMARTS) is 1. The van der Waals surface area contributed by atoms with Crippen molar-refractivity contribution in [2.75, 3.05) is 52.2 Å². The fraction of sp³-hybridized carbons (Fsp3) is 0.385. The number of carbonyl (C=O) groups excluding carboxylic acids is 4. The van der Waals surface area contributed by atoms with Crippen LogP contribution >= 0.6 is 23.1 Å². The number of β-lactam (4-membered cyclic amide) rings is 1. The Morgan fingerprint density at radius 3 is 2.56 bits per heavy atom. The number of aliphatic carboxylic acids is 1. The molecular formula is C26H31N7O12S3. The number of oxime groups is 1. The van der Waals surface area contributed by atoms with E-state index < -0.39 is 45.4 Å². The van der Waals surface area contributed by atoms with Crippen LogP contribution in [0.4, 0.5) is 9.93 Å². The number of thiazole rings is 1. The molecule has 1 fully saturated rings. The molecule has 0 aromatic carbocycles. The second kappa shape index (κ2) is 16.5. The molecule has 2 atom stereocenters. The number of amides is 4. The van der Waals surface area contributed by atoms with Crippen LogP contribution in [-0.2, 0) is 45.5 Å². The van der Waals surface area contributed by atoms with Crippen molar-refractivity contribution in [3.05, 3.63) is 52.4 Å². The smallest absolute Gasteiger partial charge is 0.418 e. The minimum atomic E-state index is -3.92. The van der Waals surface area contributed by atoms with Gasteiger partial charge in [-0.05, 0) is 11.6 Å². The van der Waals surface area contributed by atoms with Gasteiger partial charge in [-0.25, -0.2) is 23.0 Å². The van der Waals surface area contributed by atoms with Crippen LogP contribution < -0.4 is 15.2 Å². The molecule has 0 spiro atoms. The molecule has 0 radical (unpaired) electrons.